The van der Waals surface area contributed by atoms with Gasteiger partial charge < -0.3 is 14.6 Å². The first-order valence-electron chi connectivity index (χ1n) is 10.1. The van der Waals surface area contributed by atoms with Crippen LogP contribution in [0.15, 0.2) is 41.0 Å². The number of hydrogen-bond acceptors (Lipinski definition) is 4. The number of likely N-dealkylation sites (tertiary alicyclic amines) is 1. The number of anilines is 1. The van der Waals surface area contributed by atoms with Crippen LogP contribution in [0.25, 0.3) is 0 Å². The number of furan rings is 1. The molecule has 1 fully saturated rings. The van der Waals surface area contributed by atoms with Crippen LogP contribution in [0.3, 0.4) is 0 Å². The van der Waals surface area contributed by atoms with E-state index in [0.29, 0.717) is 24.2 Å². The van der Waals surface area contributed by atoms with Gasteiger partial charge in [0.2, 0.25) is 10.0 Å². The Morgan fingerprint density at radius 3 is 2.72 bits per heavy atom. The number of rotatable bonds is 6. The first-order chi connectivity index (χ1) is 13.8. The van der Waals surface area contributed by atoms with Crippen molar-refractivity contribution in [3.8, 4) is 0 Å². The van der Waals surface area contributed by atoms with Crippen molar-refractivity contribution in [2.75, 3.05) is 30.2 Å². The molecule has 3 heterocycles. The van der Waals surface area contributed by atoms with Gasteiger partial charge in [0.1, 0.15) is 0 Å². The normalized spacial score (nSPS) is 20.6. The molecule has 1 saturated heterocycles. The average Bonchev–Trinajstić information content (AvgIpc) is 3.41. The molecule has 2 N–H and O–H groups in total. The van der Waals surface area contributed by atoms with Gasteiger partial charge in [0.15, 0.2) is 11.8 Å². The molecule has 2 atom stereocenters. The molecular weight excluding hydrogens is 390 g/mol. The summed E-state index contributed by atoms with van der Waals surface area (Å²) in [4.78, 5) is 14.2. The number of carbonyl (C=O) groups excluding carboxylic acids is 1. The van der Waals surface area contributed by atoms with E-state index in [4.69, 9.17) is 4.42 Å². The number of hydrogen-bond donors (Lipinski definition) is 2. The van der Waals surface area contributed by atoms with Crippen molar-refractivity contribution in [3.63, 3.8) is 0 Å². The largest absolute Gasteiger partial charge is 0.463 e. The van der Waals surface area contributed by atoms with E-state index in [0.717, 1.165) is 24.4 Å². The van der Waals surface area contributed by atoms with Crippen LogP contribution in [0.4, 0.5) is 5.69 Å². The lowest BCUT2D eigenvalue weighted by Gasteiger charge is -2.23. The monoisotopic (exact) mass is 418 g/mol. The summed E-state index contributed by atoms with van der Waals surface area (Å²) in [5.41, 5.74) is 2.12. The van der Waals surface area contributed by atoms with Crippen LogP contribution in [-0.4, -0.2) is 46.3 Å². The first-order valence-corrected chi connectivity index (χ1v) is 12.0. The van der Waals surface area contributed by atoms with E-state index in [1.165, 1.54) is 28.3 Å². The topological polar surface area (TPSA) is 84.1 Å². The SMILES string of the molecule is C[C@H]1Cc2cc(C(=O)NC[C@@H](c3ccco3)[NH+]3CCCC3)ccc2N1S(C)(=O)=O. The van der Waals surface area contributed by atoms with Gasteiger partial charge in [-0.1, -0.05) is 0 Å². The molecule has 2 aromatic rings. The Hall–Kier alpha value is -2.32. The van der Waals surface area contributed by atoms with Crippen molar-refractivity contribution in [1.82, 2.24) is 5.32 Å². The molecule has 2 aliphatic heterocycles. The van der Waals surface area contributed by atoms with E-state index in [2.05, 4.69) is 5.32 Å². The summed E-state index contributed by atoms with van der Waals surface area (Å²) < 4.78 is 31.2. The zero-order valence-corrected chi connectivity index (χ0v) is 17.7. The molecule has 0 unspecified atom stereocenters. The summed E-state index contributed by atoms with van der Waals surface area (Å²) >= 11 is 0. The number of nitrogens with one attached hydrogen (secondary N) is 2. The number of amides is 1. The van der Waals surface area contributed by atoms with Crippen LogP contribution in [0.1, 0.15) is 47.5 Å². The second kappa shape index (κ2) is 7.84. The van der Waals surface area contributed by atoms with E-state index in [1.54, 1.807) is 18.4 Å². The standard InChI is InChI=1S/C21H27N3O4S/c1-15-12-17-13-16(7-8-18(17)24(15)29(2,26)27)21(25)22-14-19(20-6-5-11-28-20)23-9-3-4-10-23/h5-8,11,13,15,19H,3-4,9-10,12,14H2,1-2H3,(H,22,25)/p+1/t15-,19-/m0/s1. The summed E-state index contributed by atoms with van der Waals surface area (Å²) in [5, 5.41) is 3.06. The summed E-state index contributed by atoms with van der Waals surface area (Å²) in [5.74, 6) is 0.752. The summed E-state index contributed by atoms with van der Waals surface area (Å²) in [7, 11) is -3.33. The van der Waals surface area contributed by atoms with Crippen molar-refractivity contribution in [2.45, 2.75) is 38.3 Å². The fraction of sp³-hybridized carbons (Fsp3) is 0.476. The first kappa shape index (κ1) is 20.0. The molecule has 7 nitrogen and oxygen atoms in total. The Bertz CT molecular complexity index is 981. The van der Waals surface area contributed by atoms with E-state index < -0.39 is 10.0 Å². The van der Waals surface area contributed by atoms with Crippen LogP contribution in [0.2, 0.25) is 0 Å². The van der Waals surface area contributed by atoms with E-state index in [-0.39, 0.29) is 18.0 Å². The Morgan fingerprint density at radius 2 is 2.07 bits per heavy atom. The second-order valence-electron chi connectivity index (χ2n) is 8.10. The molecule has 156 valence electrons. The zero-order valence-electron chi connectivity index (χ0n) is 16.8. The molecule has 0 radical (unpaired) electrons. The van der Waals surface area contributed by atoms with Gasteiger partial charge in [-0.15, -0.1) is 0 Å². The summed E-state index contributed by atoms with van der Waals surface area (Å²) in [6.45, 7) is 4.55. The lowest BCUT2D eigenvalue weighted by Crippen LogP contribution is -3.11. The summed E-state index contributed by atoms with van der Waals surface area (Å²) in [6, 6.07) is 9.08. The number of nitrogens with zero attached hydrogens (tertiary/aromatic N) is 1. The van der Waals surface area contributed by atoms with Crippen molar-refractivity contribution in [3.05, 3.63) is 53.5 Å². The van der Waals surface area contributed by atoms with Gasteiger partial charge in [0.25, 0.3) is 5.91 Å². The molecule has 0 spiro atoms. The highest BCUT2D eigenvalue weighted by Crippen LogP contribution is 2.34. The zero-order chi connectivity index (χ0) is 20.6. The number of fused-ring (bicyclic) bond motifs is 1. The van der Waals surface area contributed by atoms with Crippen molar-refractivity contribution in [1.29, 1.82) is 0 Å². The highest BCUT2D eigenvalue weighted by Gasteiger charge is 2.33. The Kier molecular flexibility index (Phi) is 5.40. The molecule has 29 heavy (non-hydrogen) atoms. The number of benzene rings is 1. The Labute approximate surface area is 171 Å². The molecule has 0 saturated carbocycles. The van der Waals surface area contributed by atoms with Crippen molar-refractivity contribution in [2.24, 2.45) is 0 Å². The van der Waals surface area contributed by atoms with Gasteiger partial charge in [-0.3, -0.25) is 9.10 Å². The quantitative estimate of drug-likeness (QED) is 0.737. The highest BCUT2D eigenvalue weighted by molar-refractivity contribution is 7.92. The average molecular weight is 419 g/mol. The third-order valence-electron chi connectivity index (χ3n) is 5.94. The van der Waals surface area contributed by atoms with E-state index in [1.807, 2.05) is 25.1 Å². The Morgan fingerprint density at radius 1 is 1.31 bits per heavy atom. The lowest BCUT2D eigenvalue weighted by molar-refractivity contribution is -0.919. The molecule has 0 aliphatic carbocycles. The molecule has 1 aromatic heterocycles. The van der Waals surface area contributed by atoms with Crippen LogP contribution >= 0.6 is 0 Å². The van der Waals surface area contributed by atoms with Crippen LogP contribution in [-0.2, 0) is 16.4 Å². The van der Waals surface area contributed by atoms with Gasteiger partial charge in [0.05, 0.1) is 37.8 Å². The third kappa shape index (κ3) is 4.04. The lowest BCUT2D eigenvalue weighted by atomic mass is 10.1. The fourth-order valence-corrected chi connectivity index (χ4v) is 5.92. The second-order valence-corrected chi connectivity index (χ2v) is 9.96. The summed E-state index contributed by atoms with van der Waals surface area (Å²) in [6.07, 6.45) is 5.89. The maximum absolute atomic E-state index is 12.8. The van der Waals surface area contributed by atoms with Crippen LogP contribution in [0, 0.1) is 0 Å². The van der Waals surface area contributed by atoms with Gasteiger partial charge in [0, 0.05) is 24.4 Å². The predicted molar refractivity (Wildman–Crippen MR) is 111 cm³/mol. The number of sulfonamides is 1. The minimum atomic E-state index is -3.33. The fourth-order valence-electron chi connectivity index (χ4n) is 4.66. The molecule has 4 rings (SSSR count). The van der Waals surface area contributed by atoms with Gasteiger partial charge in [-0.25, -0.2) is 8.42 Å². The van der Waals surface area contributed by atoms with Crippen molar-refractivity contribution >= 4 is 21.6 Å². The van der Waals surface area contributed by atoms with Crippen LogP contribution < -0.4 is 14.5 Å². The van der Waals surface area contributed by atoms with Gasteiger partial charge in [-0.05, 0) is 49.2 Å². The van der Waals surface area contributed by atoms with Gasteiger partial charge in [-0.2, -0.15) is 0 Å². The Balaban J connectivity index is 1.48. The molecule has 1 amide bonds. The number of carbonyl (C=O) groups is 1. The van der Waals surface area contributed by atoms with Crippen LogP contribution in [0.5, 0.6) is 0 Å². The minimum Gasteiger partial charge on any atom is -0.463 e. The molecule has 2 aliphatic rings. The van der Waals surface area contributed by atoms with E-state index >= 15 is 0 Å². The molecule has 1 aromatic carbocycles. The predicted octanol–water partition coefficient (Wildman–Crippen LogP) is 1.14. The highest BCUT2D eigenvalue weighted by atomic mass is 32.2. The van der Waals surface area contributed by atoms with E-state index in [9.17, 15) is 13.2 Å². The molecule has 8 heteroatoms. The molecule has 0 bridgehead atoms. The maximum Gasteiger partial charge on any atom is 0.251 e. The van der Waals surface area contributed by atoms with Crippen molar-refractivity contribution < 1.29 is 22.5 Å². The van der Waals surface area contributed by atoms with Gasteiger partial charge >= 0.3 is 0 Å². The molecular formula is C21H28N3O4S+. The maximum atomic E-state index is 12.8. The minimum absolute atomic E-state index is 0.103. The number of quaternary nitrogens is 1. The smallest absolute Gasteiger partial charge is 0.251 e. The third-order valence-corrected chi connectivity index (χ3v) is 7.22.